The number of nitrogens with zero attached hydrogens (tertiary/aromatic N) is 1. The lowest BCUT2D eigenvalue weighted by molar-refractivity contribution is -0.119. The highest BCUT2D eigenvalue weighted by Crippen LogP contribution is 2.24. The van der Waals surface area contributed by atoms with Crippen LogP contribution >= 0.6 is 11.8 Å². The van der Waals surface area contributed by atoms with E-state index in [-0.39, 0.29) is 5.91 Å². The largest absolute Gasteiger partial charge is 0.352 e. The highest BCUT2D eigenvalue weighted by atomic mass is 32.2. The number of aromatic amines is 1. The second-order valence-corrected chi connectivity index (χ2v) is 6.75. The van der Waals surface area contributed by atoms with Crippen LogP contribution in [0.4, 0.5) is 0 Å². The Morgan fingerprint density at radius 1 is 1.38 bits per heavy atom. The zero-order valence-electron chi connectivity index (χ0n) is 12.3. The van der Waals surface area contributed by atoms with Crippen molar-refractivity contribution in [1.29, 1.82) is 0 Å². The predicted octanol–water partition coefficient (Wildman–Crippen LogP) is 3.35. The first-order valence-corrected chi connectivity index (χ1v) is 8.58. The maximum absolute atomic E-state index is 12.1. The Labute approximate surface area is 129 Å². The molecule has 3 rings (SSSR count). The lowest BCUT2D eigenvalue weighted by Crippen LogP contribution is -2.41. The van der Waals surface area contributed by atoms with Gasteiger partial charge in [0.05, 0.1) is 16.8 Å². The third-order valence-electron chi connectivity index (χ3n) is 4.17. The number of rotatable bonds is 4. The number of nitrogens with one attached hydrogen (secondary N) is 2. The van der Waals surface area contributed by atoms with E-state index in [1.165, 1.54) is 31.0 Å². The quantitative estimate of drug-likeness (QED) is 0.852. The first-order valence-electron chi connectivity index (χ1n) is 7.59. The highest BCUT2D eigenvalue weighted by Gasteiger charge is 2.22. The van der Waals surface area contributed by atoms with Gasteiger partial charge >= 0.3 is 0 Å². The molecule has 4 nitrogen and oxygen atoms in total. The summed E-state index contributed by atoms with van der Waals surface area (Å²) in [4.78, 5) is 19.8. The van der Waals surface area contributed by atoms with Crippen molar-refractivity contribution < 1.29 is 4.79 Å². The summed E-state index contributed by atoms with van der Waals surface area (Å²) in [5.74, 6) is 1.13. The van der Waals surface area contributed by atoms with Gasteiger partial charge in [-0.1, -0.05) is 43.7 Å². The van der Waals surface area contributed by atoms with Crippen LogP contribution in [0.5, 0.6) is 0 Å². The molecule has 1 aliphatic rings. The van der Waals surface area contributed by atoms with Crippen molar-refractivity contribution in [3.05, 3.63) is 24.3 Å². The number of thioether (sulfide) groups is 1. The summed E-state index contributed by atoms with van der Waals surface area (Å²) in [7, 11) is 0. The average Bonchev–Trinajstić information content (AvgIpc) is 2.90. The smallest absolute Gasteiger partial charge is 0.230 e. The predicted molar refractivity (Wildman–Crippen MR) is 86.4 cm³/mol. The van der Waals surface area contributed by atoms with Crippen molar-refractivity contribution >= 4 is 28.7 Å². The van der Waals surface area contributed by atoms with Crippen LogP contribution in [-0.2, 0) is 4.79 Å². The normalized spacial score (nSPS) is 22.3. The zero-order chi connectivity index (χ0) is 14.7. The molecule has 1 aromatic carbocycles. The molecule has 1 aromatic heterocycles. The molecule has 0 aliphatic heterocycles. The van der Waals surface area contributed by atoms with E-state index in [9.17, 15) is 4.79 Å². The molecule has 2 N–H and O–H groups in total. The van der Waals surface area contributed by atoms with Gasteiger partial charge in [-0.15, -0.1) is 0 Å². The molecule has 1 amide bonds. The van der Waals surface area contributed by atoms with Crippen LogP contribution in [0.3, 0.4) is 0 Å². The molecule has 5 heteroatoms. The standard InChI is InChI=1S/C16H21N3OS/c1-11-6-2-3-7-12(11)17-15(20)10-21-16-18-13-8-4-5-9-14(13)19-16/h4-5,8-9,11-12H,2-3,6-7,10H2,1H3,(H,17,20)(H,18,19)/t11-,12-/m0/s1. The fraction of sp³-hybridized carbons (Fsp3) is 0.500. The van der Waals surface area contributed by atoms with Crippen molar-refractivity contribution in [1.82, 2.24) is 15.3 Å². The van der Waals surface area contributed by atoms with E-state index in [0.717, 1.165) is 22.6 Å². The van der Waals surface area contributed by atoms with E-state index in [4.69, 9.17) is 0 Å². The van der Waals surface area contributed by atoms with E-state index < -0.39 is 0 Å². The van der Waals surface area contributed by atoms with Gasteiger partial charge in [-0.05, 0) is 30.9 Å². The number of fused-ring (bicyclic) bond motifs is 1. The minimum absolute atomic E-state index is 0.110. The summed E-state index contributed by atoms with van der Waals surface area (Å²) in [6.45, 7) is 2.23. The Kier molecular flexibility index (Phi) is 4.48. The number of H-pyrrole nitrogens is 1. The number of carbonyl (C=O) groups is 1. The van der Waals surface area contributed by atoms with Gasteiger partial charge < -0.3 is 10.3 Å². The first kappa shape index (κ1) is 14.4. The number of benzene rings is 1. The Hall–Kier alpha value is -1.49. The van der Waals surface area contributed by atoms with Crippen molar-refractivity contribution in [2.75, 3.05) is 5.75 Å². The molecule has 0 radical (unpaired) electrons. The Morgan fingerprint density at radius 3 is 3.00 bits per heavy atom. The minimum Gasteiger partial charge on any atom is -0.352 e. The van der Waals surface area contributed by atoms with Gasteiger partial charge in [-0.25, -0.2) is 4.98 Å². The van der Waals surface area contributed by atoms with Gasteiger partial charge in [0.15, 0.2) is 5.16 Å². The van der Waals surface area contributed by atoms with Gasteiger partial charge in [0.2, 0.25) is 5.91 Å². The van der Waals surface area contributed by atoms with E-state index in [1.807, 2.05) is 24.3 Å². The molecule has 1 heterocycles. The van der Waals surface area contributed by atoms with E-state index in [1.54, 1.807) is 0 Å². The Morgan fingerprint density at radius 2 is 2.19 bits per heavy atom. The van der Waals surface area contributed by atoms with Gasteiger partial charge in [-0.3, -0.25) is 4.79 Å². The number of imidazole rings is 1. The monoisotopic (exact) mass is 303 g/mol. The molecule has 112 valence electrons. The van der Waals surface area contributed by atoms with Crippen molar-refractivity contribution in [2.24, 2.45) is 5.92 Å². The molecule has 0 spiro atoms. The Bertz CT molecular complexity index is 592. The summed E-state index contributed by atoms with van der Waals surface area (Å²) in [6.07, 6.45) is 4.86. The number of hydrogen-bond donors (Lipinski definition) is 2. The summed E-state index contributed by atoms with van der Waals surface area (Å²) in [6, 6.07) is 8.26. The van der Waals surface area contributed by atoms with Crippen molar-refractivity contribution in [2.45, 2.75) is 43.8 Å². The molecular weight excluding hydrogens is 282 g/mol. The summed E-state index contributed by atoms with van der Waals surface area (Å²) < 4.78 is 0. The lowest BCUT2D eigenvalue weighted by Gasteiger charge is -2.29. The minimum atomic E-state index is 0.110. The van der Waals surface area contributed by atoms with Crippen LogP contribution in [0.15, 0.2) is 29.4 Å². The molecule has 1 fully saturated rings. The van der Waals surface area contributed by atoms with Crippen LogP contribution in [-0.4, -0.2) is 27.7 Å². The maximum atomic E-state index is 12.1. The Balaban J connectivity index is 1.53. The van der Waals surface area contributed by atoms with Gasteiger partial charge in [0.25, 0.3) is 0 Å². The summed E-state index contributed by atoms with van der Waals surface area (Å²) in [5.41, 5.74) is 1.96. The second kappa shape index (κ2) is 6.52. The number of para-hydroxylation sites is 2. The first-order chi connectivity index (χ1) is 10.2. The molecule has 0 unspecified atom stereocenters. The number of carbonyl (C=O) groups excluding carboxylic acids is 1. The second-order valence-electron chi connectivity index (χ2n) is 5.78. The van der Waals surface area contributed by atoms with Crippen LogP contribution in [0.2, 0.25) is 0 Å². The molecule has 0 bridgehead atoms. The summed E-state index contributed by atoms with van der Waals surface area (Å²) >= 11 is 1.47. The van der Waals surface area contributed by atoms with E-state index >= 15 is 0 Å². The van der Waals surface area contributed by atoms with Crippen LogP contribution < -0.4 is 5.32 Å². The molecule has 1 aliphatic carbocycles. The van der Waals surface area contributed by atoms with Crippen LogP contribution in [0.25, 0.3) is 11.0 Å². The molecule has 2 aromatic rings. The van der Waals surface area contributed by atoms with E-state index in [0.29, 0.717) is 17.7 Å². The maximum Gasteiger partial charge on any atom is 0.230 e. The SMILES string of the molecule is C[C@H]1CCCC[C@@H]1NC(=O)CSc1nc2ccccc2[nH]1. The molecule has 2 atom stereocenters. The molecular formula is C16H21N3OS. The van der Waals surface area contributed by atoms with Crippen LogP contribution in [0, 0.1) is 5.92 Å². The fourth-order valence-corrected chi connectivity index (χ4v) is 3.61. The third-order valence-corrected chi connectivity index (χ3v) is 5.04. The third kappa shape index (κ3) is 3.59. The van der Waals surface area contributed by atoms with Gasteiger partial charge in [0.1, 0.15) is 0 Å². The van der Waals surface area contributed by atoms with Crippen molar-refractivity contribution in [3.63, 3.8) is 0 Å². The van der Waals surface area contributed by atoms with Gasteiger partial charge in [0, 0.05) is 6.04 Å². The van der Waals surface area contributed by atoms with E-state index in [2.05, 4.69) is 22.2 Å². The fourth-order valence-electron chi connectivity index (χ4n) is 2.91. The number of hydrogen-bond acceptors (Lipinski definition) is 3. The van der Waals surface area contributed by atoms with Crippen LogP contribution in [0.1, 0.15) is 32.6 Å². The zero-order valence-corrected chi connectivity index (χ0v) is 13.1. The topological polar surface area (TPSA) is 57.8 Å². The summed E-state index contributed by atoms with van der Waals surface area (Å²) in [5, 5.41) is 3.98. The van der Waals surface area contributed by atoms with Crippen molar-refractivity contribution in [3.8, 4) is 0 Å². The lowest BCUT2D eigenvalue weighted by atomic mass is 9.86. The molecule has 21 heavy (non-hydrogen) atoms. The average molecular weight is 303 g/mol. The molecule has 1 saturated carbocycles. The molecule has 0 saturated heterocycles. The van der Waals surface area contributed by atoms with Gasteiger partial charge in [-0.2, -0.15) is 0 Å². The highest BCUT2D eigenvalue weighted by molar-refractivity contribution is 7.99. The number of amides is 1. The number of aromatic nitrogens is 2.